The quantitative estimate of drug-likeness (QED) is 0.683. The van der Waals surface area contributed by atoms with Crippen molar-refractivity contribution in [3.63, 3.8) is 0 Å². The van der Waals surface area contributed by atoms with Crippen molar-refractivity contribution in [3.8, 4) is 0 Å². The lowest BCUT2D eigenvalue weighted by Gasteiger charge is -2.08. The van der Waals surface area contributed by atoms with Crippen molar-refractivity contribution in [2.75, 3.05) is 0 Å². The molecule has 3 rings (SSSR count). The lowest BCUT2D eigenvalue weighted by atomic mass is 10.0. The topological polar surface area (TPSA) is 0 Å². The van der Waals surface area contributed by atoms with E-state index in [1.165, 1.54) is 0 Å². The summed E-state index contributed by atoms with van der Waals surface area (Å²) in [5, 5.41) is 1.96. The van der Waals surface area contributed by atoms with Crippen molar-refractivity contribution in [1.82, 2.24) is 0 Å². The van der Waals surface area contributed by atoms with Gasteiger partial charge in [0.1, 0.15) is 0 Å². The number of halogens is 3. The summed E-state index contributed by atoms with van der Waals surface area (Å²) >= 11 is 0. The zero-order chi connectivity index (χ0) is 12.0. The fourth-order valence-corrected chi connectivity index (χ4v) is 2.47. The van der Waals surface area contributed by atoms with Crippen LogP contribution in [0.1, 0.15) is 17.9 Å². The van der Waals surface area contributed by atoms with E-state index in [2.05, 4.69) is 0 Å². The molecule has 0 radical (unpaired) electrons. The van der Waals surface area contributed by atoms with E-state index in [1.807, 2.05) is 42.5 Å². The minimum absolute atomic E-state index is 0.234. The van der Waals surface area contributed by atoms with Gasteiger partial charge >= 0.3 is 6.18 Å². The third-order valence-electron chi connectivity index (χ3n) is 3.43. The molecule has 3 heteroatoms. The molecule has 0 heterocycles. The van der Waals surface area contributed by atoms with E-state index in [-0.39, 0.29) is 12.3 Å². The van der Waals surface area contributed by atoms with Crippen LogP contribution in [-0.2, 0) is 0 Å². The van der Waals surface area contributed by atoms with Crippen LogP contribution in [-0.4, -0.2) is 6.18 Å². The maximum Gasteiger partial charge on any atom is 0.392 e. The van der Waals surface area contributed by atoms with Crippen molar-refractivity contribution < 1.29 is 13.2 Å². The predicted octanol–water partition coefficient (Wildman–Crippen LogP) is 4.51. The number of alkyl halides is 3. The molecular formula is C14H11F3. The fraction of sp³-hybridized carbons (Fsp3) is 0.286. The predicted molar refractivity (Wildman–Crippen MR) is 60.9 cm³/mol. The van der Waals surface area contributed by atoms with Gasteiger partial charge in [0.2, 0.25) is 0 Å². The number of fused-ring (bicyclic) bond motifs is 1. The minimum Gasteiger partial charge on any atom is -0.171 e. The van der Waals surface area contributed by atoms with Crippen LogP contribution in [0.5, 0.6) is 0 Å². The van der Waals surface area contributed by atoms with Gasteiger partial charge in [-0.2, -0.15) is 13.2 Å². The monoisotopic (exact) mass is 236 g/mol. The van der Waals surface area contributed by atoms with E-state index >= 15 is 0 Å². The first kappa shape index (κ1) is 10.6. The molecule has 1 fully saturated rings. The largest absolute Gasteiger partial charge is 0.392 e. The van der Waals surface area contributed by atoms with Gasteiger partial charge in [-0.25, -0.2) is 0 Å². The Labute approximate surface area is 97.1 Å². The van der Waals surface area contributed by atoms with Crippen LogP contribution in [0.15, 0.2) is 42.5 Å². The minimum atomic E-state index is -4.05. The van der Waals surface area contributed by atoms with Gasteiger partial charge in [0.15, 0.2) is 0 Å². The Hall–Kier alpha value is -1.51. The molecule has 0 nitrogen and oxygen atoms in total. The molecule has 17 heavy (non-hydrogen) atoms. The molecule has 88 valence electrons. The highest BCUT2D eigenvalue weighted by atomic mass is 19.4. The first-order chi connectivity index (χ1) is 8.07. The SMILES string of the molecule is FC(F)(F)[C@H]1C[C@@H]1c1cccc2ccccc12. The number of rotatable bonds is 1. The van der Waals surface area contributed by atoms with Crippen molar-refractivity contribution in [3.05, 3.63) is 48.0 Å². The van der Waals surface area contributed by atoms with Crippen LogP contribution in [0.3, 0.4) is 0 Å². The molecule has 0 spiro atoms. The summed E-state index contributed by atoms with van der Waals surface area (Å²) in [7, 11) is 0. The zero-order valence-corrected chi connectivity index (χ0v) is 9.04. The summed E-state index contributed by atoms with van der Waals surface area (Å²) in [6.45, 7) is 0. The van der Waals surface area contributed by atoms with Crippen molar-refractivity contribution >= 4 is 10.8 Å². The molecule has 1 aliphatic carbocycles. The second kappa shape index (κ2) is 3.49. The summed E-state index contributed by atoms with van der Waals surface area (Å²) in [5.74, 6) is -1.49. The van der Waals surface area contributed by atoms with E-state index in [4.69, 9.17) is 0 Å². The van der Waals surface area contributed by atoms with Gasteiger partial charge < -0.3 is 0 Å². The second-order valence-corrected chi connectivity index (χ2v) is 4.56. The van der Waals surface area contributed by atoms with Crippen molar-refractivity contribution in [1.29, 1.82) is 0 Å². The molecular weight excluding hydrogens is 225 g/mol. The summed E-state index contributed by atoms with van der Waals surface area (Å²) in [4.78, 5) is 0. The summed E-state index contributed by atoms with van der Waals surface area (Å²) in [6, 6.07) is 13.2. The second-order valence-electron chi connectivity index (χ2n) is 4.56. The summed E-state index contributed by atoms with van der Waals surface area (Å²) in [5.41, 5.74) is 0.838. The van der Waals surface area contributed by atoms with E-state index in [0.717, 1.165) is 16.3 Å². The van der Waals surface area contributed by atoms with Gasteiger partial charge in [-0.1, -0.05) is 42.5 Å². The maximum atomic E-state index is 12.6. The molecule has 2 aromatic rings. The molecule has 0 bridgehead atoms. The fourth-order valence-electron chi connectivity index (χ4n) is 2.47. The van der Waals surface area contributed by atoms with Crippen molar-refractivity contribution in [2.24, 2.45) is 5.92 Å². The van der Waals surface area contributed by atoms with E-state index < -0.39 is 12.1 Å². The average molecular weight is 236 g/mol. The van der Waals surface area contributed by atoms with Crippen molar-refractivity contribution in [2.45, 2.75) is 18.5 Å². The van der Waals surface area contributed by atoms with Crippen LogP contribution in [0.25, 0.3) is 10.8 Å². The maximum absolute atomic E-state index is 12.6. The third kappa shape index (κ3) is 1.79. The van der Waals surface area contributed by atoms with Crippen LogP contribution in [0, 0.1) is 5.92 Å². The molecule has 1 saturated carbocycles. The standard InChI is InChI=1S/C14H11F3/c15-14(16,17)13-8-12(13)11-7-3-5-9-4-1-2-6-10(9)11/h1-7,12-13H,8H2/t12-,13+/m1/s1. The summed E-state index contributed by atoms with van der Waals surface area (Å²) < 4.78 is 37.7. The Kier molecular flexibility index (Phi) is 2.18. The van der Waals surface area contributed by atoms with Gasteiger partial charge in [0, 0.05) is 0 Å². The highest BCUT2D eigenvalue weighted by Gasteiger charge is 2.56. The van der Waals surface area contributed by atoms with Crippen LogP contribution in [0.4, 0.5) is 13.2 Å². The Morgan fingerprint density at radius 1 is 0.941 bits per heavy atom. The molecule has 0 aromatic heterocycles. The van der Waals surface area contributed by atoms with Crippen LogP contribution < -0.4 is 0 Å². The van der Waals surface area contributed by atoms with Gasteiger partial charge in [-0.3, -0.25) is 0 Å². The molecule has 0 saturated heterocycles. The number of hydrogen-bond donors (Lipinski definition) is 0. The molecule has 2 atom stereocenters. The molecule has 0 aliphatic heterocycles. The average Bonchev–Trinajstić information content (AvgIpc) is 3.07. The van der Waals surface area contributed by atoms with Crippen LogP contribution in [0.2, 0.25) is 0 Å². The van der Waals surface area contributed by atoms with E-state index in [9.17, 15) is 13.2 Å². The normalized spacial score (nSPS) is 23.9. The highest BCUT2D eigenvalue weighted by Crippen LogP contribution is 2.57. The van der Waals surface area contributed by atoms with Gasteiger partial charge in [-0.15, -0.1) is 0 Å². The molecule has 0 unspecified atom stereocenters. The lowest BCUT2D eigenvalue weighted by molar-refractivity contribution is -0.148. The Bertz CT molecular complexity index is 551. The third-order valence-corrected chi connectivity index (χ3v) is 3.43. The number of benzene rings is 2. The smallest absolute Gasteiger partial charge is 0.171 e. The van der Waals surface area contributed by atoms with Gasteiger partial charge in [0.05, 0.1) is 5.92 Å². The highest BCUT2D eigenvalue weighted by molar-refractivity contribution is 5.86. The first-order valence-electron chi connectivity index (χ1n) is 5.62. The molecule has 1 aliphatic rings. The lowest BCUT2D eigenvalue weighted by Crippen LogP contribution is -2.11. The van der Waals surface area contributed by atoms with Gasteiger partial charge in [-0.05, 0) is 28.7 Å². The van der Waals surface area contributed by atoms with Gasteiger partial charge in [0.25, 0.3) is 0 Å². The first-order valence-corrected chi connectivity index (χ1v) is 5.62. The molecule has 0 amide bonds. The van der Waals surface area contributed by atoms with Crippen LogP contribution >= 0.6 is 0 Å². The Morgan fingerprint density at radius 2 is 1.65 bits per heavy atom. The number of hydrogen-bond acceptors (Lipinski definition) is 0. The van der Waals surface area contributed by atoms with E-state index in [1.54, 1.807) is 0 Å². The molecule has 2 aromatic carbocycles. The molecule has 0 N–H and O–H groups in total. The Balaban J connectivity index is 2.03. The Morgan fingerprint density at radius 3 is 2.35 bits per heavy atom. The zero-order valence-electron chi connectivity index (χ0n) is 9.04. The van der Waals surface area contributed by atoms with E-state index in [0.29, 0.717) is 0 Å². The summed E-state index contributed by atoms with van der Waals surface area (Å²) in [6.07, 6.45) is -3.82.